The van der Waals surface area contributed by atoms with Crippen molar-refractivity contribution >= 4 is 21.4 Å². The Bertz CT molecular complexity index is 775. The highest BCUT2D eigenvalue weighted by Crippen LogP contribution is 2.31. The lowest BCUT2D eigenvalue weighted by Gasteiger charge is -2.14. The Morgan fingerprint density at radius 2 is 2.14 bits per heavy atom. The van der Waals surface area contributed by atoms with Crippen molar-refractivity contribution in [3.8, 4) is 0 Å². The van der Waals surface area contributed by atoms with Gasteiger partial charge in [0, 0.05) is 34.8 Å². The summed E-state index contributed by atoms with van der Waals surface area (Å²) in [5, 5.41) is 8.84. The molecule has 3 rings (SSSR count). The number of likely N-dealkylation sites (N-methyl/N-ethyl adjacent to an activating group) is 1. The second kappa shape index (κ2) is 5.58. The molecule has 110 valence electrons. The Labute approximate surface area is 127 Å². The minimum absolute atomic E-state index is 0.181. The van der Waals surface area contributed by atoms with Crippen LogP contribution in [0.5, 0.6) is 0 Å². The summed E-state index contributed by atoms with van der Waals surface area (Å²) >= 11 is 1.64. The van der Waals surface area contributed by atoms with Gasteiger partial charge in [-0.2, -0.15) is 5.10 Å². The number of hydrogen-bond acceptors (Lipinski definition) is 3. The summed E-state index contributed by atoms with van der Waals surface area (Å²) in [6.07, 6.45) is 0.864. The van der Waals surface area contributed by atoms with Gasteiger partial charge in [-0.25, -0.2) is 4.39 Å². The van der Waals surface area contributed by atoms with E-state index in [0.717, 1.165) is 22.2 Å². The predicted octanol–water partition coefficient (Wildman–Crippen LogP) is 3.59. The van der Waals surface area contributed by atoms with Gasteiger partial charge in [0.05, 0.1) is 5.69 Å². The molecule has 0 amide bonds. The zero-order valence-corrected chi connectivity index (χ0v) is 13.2. The van der Waals surface area contributed by atoms with Crippen LogP contribution in [0.3, 0.4) is 0 Å². The molecule has 0 aliphatic carbocycles. The Kier molecular flexibility index (Phi) is 3.78. The lowest BCUT2D eigenvalue weighted by Crippen LogP contribution is -2.19. The maximum Gasteiger partial charge on any atom is 0.124 e. The number of thiophene rings is 1. The predicted molar refractivity (Wildman–Crippen MR) is 85.2 cm³/mol. The number of hydrogen-bond donors (Lipinski definition) is 1. The number of aryl methyl sites for hydroxylation is 2. The van der Waals surface area contributed by atoms with Crippen LogP contribution >= 0.6 is 11.3 Å². The molecule has 0 radical (unpaired) electrons. The van der Waals surface area contributed by atoms with Crippen molar-refractivity contribution in [1.29, 1.82) is 0 Å². The van der Waals surface area contributed by atoms with Crippen molar-refractivity contribution in [2.45, 2.75) is 19.4 Å². The monoisotopic (exact) mass is 303 g/mol. The number of nitrogens with zero attached hydrogens (tertiary/aromatic N) is 2. The van der Waals surface area contributed by atoms with Gasteiger partial charge in [0.25, 0.3) is 0 Å². The van der Waals surface area contributed by atoms with E-state index in [1.54, 1.807) is 17.4 Å². The molecule has 0 aliphatic rings. The summed E-state index contributed by atoms with van der Waals surface area (Å²) in [5.41, 5.74) is 2.22. The Morgan fingerprint density at radius 3 is 2.81 bits per heavy atom. The minimum atomic E-state index is -0.181. The van der Waals surface area contributed by atoms with Crippen LogP contribution in [0.2, 0.25) is 0 Å². The zero-order chi connectivity index (χ0) is 15.0. The second-order valence-electron chi connectivity index (χ2n) is 5.28. The average molecular weight is 303 g/mol. The summed E-state index contributed by atoms with van der Waals surface area (Å²) in [6.45, 7) is 2.00. The molecule has 21 heavy (non-hydrogen) atoms. The summed E-state index contributed by atoms with van der Waals surface area (Å²) in [4.78, 5) is 1.22. The quantitative estimate of drug-likeness (QED) is 0.798. The molecule has 1 N–H and O–H groups in total. The number of rotatable bonds is 4. The topological polar surface area (TPSA) is 29.9 Å². The lowest BCUT2D eigenvalue weighted by atomic mass is 10.1. The van der Waals surface area contributed by atoms with E-state index < -0.39 is 0 Å². The molecule has 1 atom stereocenters. The van der Waals surface area contributed by atoms with Gasteiger partial charge in [-0.05, 0) is 43.6 Å². The molecule has 1 aromatic carbocycles. The first-order chi connectivity index (χ1) is 10.1. The SMILES string of the molecule is CNC(Cc1cc(C)nn1C)c1cc2ccc(F)cc2s1. The molecule has 0 fully saturated rings. The highest BCUT2D eigenvalue weighted by molar-refractivity contribution is 7.19. The fourth-order valence-electron chi connectivity index (χ4n) is 2.61. The Balaban J connectivity index is 1.92. The lowest BCUT2D eigenvalue weighted by molar-refractivity contribution is 0.569. The zero-order valence-electron chi connectivity index (χ0n) is 12.4. The van der Waals surface area contributed by atoms with Crippen molar-refractivity contribution in [1.82, 2.24) is 15.1 Å². The van der Waals surface area contributed by atoms with Gasteiger partial charge in [0.15, 0.2) is 0 Å². The van der Waals surface area contributed by atoms with Gasteiger partial charge >= 0.3 is 0 Å². The summed E-state index contributed by atoms with van der Waals surface area (Å²) in [7, 11) is 3.92. The first-order valence-electron chi connectivity index (χ1n) is 6.92. The molecule has 5 heteroatoms. The van der Waals surface area contributed by atoms with E-state index in [0.29, 0.717) is 0 Å². The summed E-state index contributed by atoms with van der Waals surface area (Å²) in [6, 6.07) is 9.41. The van der Waals surface area contributed by atoms with E-state index in [1.165, 1.54) is 16.6 Å². The third kappa shape index (κ3) is 2.84. The van der Waals surface area contributed by atoms with E-state index in [1.807, 2.05) is 31.8 Å². The normalized spacial score (nSPS) is 13.0. The summed E-state index contributed by atoms with van der Waals surface area (Å²) < 4.78 is 16.2. The standard InChI is InChI=1S/C16H18FN3S/c1-10-6-13(20(3)19-10)9-14(18-2)16-7-11-4-5-12(17)8-15(11)21-16/h4-8,14,18H,9H2,1-3H3. The van der Waals surface area contributed by atoms with Crippen LogP contribution in [0.15, 0.2) is 30.3 Å². The molecule has 0 bridgehead atoms. The van der Waals surface area contributed by atoms with Crippen LogP contribution in [0.25, 0.3) is 10.1 Å². The number of fused-ring (bicyclic) bond motifs is 1. The fraction of sp³-hybridized carbons (Fsp3) is 0.312. The molecule has 0 saturated carbocycles. The molecule has 2 heterocycles. The van der Waals surface area contributed by atoms with Gasteiger partial charge in [0.2, 0.25) is 0 Å². The van der Waals surface area contributed by atoms with Crippen molar-refractivity contribution in [3.63, 3.8) is 0 Å². The number of aromatic nitrogens is 2. The minimum Gasteiger partial charge on any atom is -0.312 e. The largest absolute Gasteiger partial charge is 0.312 e. The van der Waals surface area contributed by atoms with E-state index in [2.05, 4.69) is 22.5 Å². The van der Waals surface area contributed by atoms with E-state index >= 15 is 0 Å². The van der Waals surface area contributed by atoms with Crippen LogP contribution in [-0.4, -0.2) is 16.8 Å². The molecular formula is C16H18FN3S. The molecule has 2 aromatic heterocycles. The van der Waals surface area contributed by atoms with Crippen molar-refractivity contribution < 1.29 is 4.39 Å². The second-order valence-corrected chi connectivity index (χ2v) is 6.39. The van der Waals surface area contributed by atoms with Crippen LogP contribution in [-0.2, 0) is 13.5 Å². The van der Waals surface area contributed by atoms with Crippen LogP contribution in [0.4, 0.5) is 4.39 Å². The molecule has 3 nitrogen and oxygen atoms in total. The van der Waals surface area contributed by atoms with E-state index in [-0.39, 0.29) is 11.9 Å². The van der Waals surface area contributed by atoms with Crippen molar-refractivity contribution in [2.24, 2.45) is 7.05 Å². The van der Waals surface area contributed by atoms with Gasteiger partial charge in [0.1, 0.15) is 5.82 Å². The highest BCUT2D eigenvalue weighted by atomic mass is 32.1. The van der Waals surface area contributed by atoms with E-state index in [9.17, 15) is 4.39 Å². The maximum atomic E-state index is 13.3. The molecule has 3 aromatic rings. The van der Waals surface area contributed by atoms with Gasteiger partial charge in [-0.3, -0.25) is 4.68 Å². The molecule has 0 spiro atoms. The number of nitrogens with one attached hydrogen (secondary N) is 1. The average Bonchev–Trinajstić information content (AvgIpc) is 2.98. The van der Waals surface area contributed by atoms with Crippen LogP contribution < -0.4 is 5.32 Å². The number of benzene rings is 1. The maximum absolute atomic E-state index is 13.3. The van der Waals surface area contributed by atoms with E-state index in [4.69, 9.17) is 0 Å². The third-order valence-electron chi connectivity index (χ3n) is 3.71. The Hall–Kier alpha value is -1.72. The van der Waals surface area contributed by atoms with Crippen molar-refractivity contribution in [3.05, 3.63) is 52.4 Å². The molecule has 1 unspecified atom stereocenters. The smallest absolute Gasteiger partial charge is 0.124 e. The van der Waals surface area contributed by atoms with Gasteiger partial charge in [-0.1, -0.05) is 6.07 Å². The molecular weight excluding hydrogens is 285 g/mol. The van der Waals surface area contributed by atoms with Crippen LogP contribution in [0.1, 0.15) is 22.3 Å². The van der Waals surface area contributed by atoms with Crippen LogP contribution in [0, 0.1) is 12.7 Å². The molecule has 0 saturated heterocycles. The highest BCUT2D eigenvalue weighted by Gasteiger charge is 2.16. The number of halogens is 1. The summed E-state index contributed by atoms with van der Waals surface area (Å²) in [5.74, 6) is -0.181. The van der Waals surface area contributed by atoms with Crippen molar-refractivity contribution in [2.75, 3.05) is 7.05 Å². The molecule has 0 aliphatic heterocycles. The first-order valence-corrected chi connectivity index (χ1v) is 7.74. The first kappa shape index (κ1) is 14.2. The van der Waals surface area contributed by atoms with Gasteiger partial charge in [-0.15, -0.1) is 11.3 Å². The van der Waals surface area contributed by atoms with Gasteiger partial charge < -0.3 is 5.32 Å². The third-order valence-corrected chi connectivity index (χ3v) is 4.92. The Morgan fingerprint density at radius 1 is 1.33 bits per heavy atom. The fourth-order valence-corrected chi connectivity index (χ4v) is 3.81.